The van der Waals surface area contributed by atoms with Gasteiger partial charge in [-0.25, -0.2) is 9.97 Å². The molecule has 10 aromatic rings. The summed E-state index contributed by atoms with van der Waals surface area (Å²) >= 11 is 0. The van der Waals surface area contributed by atoms with E-state index >= 15 is 0 Å². The minimum Gasteiger partial charge on any atom is -0.256 e. The average molecular weight is 716 g/mol. The summed E-state index contributed by atoms with van der Waals surface area (Å²) in [6.07, 6.45) is 5.53. The molecule has 5 heteroatoms. The second kappa shape index (κ2) is 14.3. The Morgan fingerprint density at radius 2 is 0.786 bits per heavy atom. The van der Waals surface area contributed by atoms with E-state index in [1.54, 1.807) is 0 Å². The van der Waals surface area contributed by atoms with E-state index in [0.29, 0.717) is 5.82 Å². The highest BCUT2D eigenvalue weighted by atomic mass is 14.9. The molecule has 6 aromatic carbocycles. The van der Waals surface area contributed by atoms with Crippen molar-refractivity contribution >= 4 is 21.5 Å². The van der Waals surface area contributed by atoms with Gasteiger partial charge in [0.05, 0.1) is 28.5 Å². The third kappa shape index (κ3) is 6.37. The van der Waals surface area contributed by atoms with Gasteiger partial charge in [-0.3, -0.25) is 15.0 Å². The van der Waals surface area contributed by atoms with Gasteiger partial charge in [0.1, 0.15) is 0 Å². The largest absolute Gasteiger partial charge is 0.256 e. The molecule has 0 amide bonds. The van der Waals surface area contributed by atoms with Gasteiger partial charge in [-0.2, -0.15) is 0 Å². The third-order valence-electron chi connectivity index (χ3n) is 10.2. The van der Waals surface area contributed by atoms with Gasteiger partial charge in [-0.15, -0.1) is 0 Å². The minimum atomic E-state index is 0.628. The molecule has 0 radical (unpaired) electrons. The summed E-state index contributed by atoms with van der Waals surface area (Å²) in [5, 5.41) is 4.59. The fourth-order valence-electron chi connectivity index (χ4n) is 7.44. The quantitative estimate of drug-likeness (QED) is 0.164. The van der Waals surface area contributed by atoms with Gasteiger partial charge < -0.3 is 0 Å². The predicted octanol–water partition coefficient (Wildman–Crippen LogP) is 12.6. The van der Waals surface area contributed by atoms with Crippen molar-refractivity contribution in [2.75, 3.05) is 0 Å². The van der Waals surface area contributed by atoms with Gasteiger partial charge in [0, 0.05) is 57.4 Å². The highest BCUT2D eigenvalue weighted by molar-refractivity contribution is 6.00. The predicted molar refractivity (Wildman–Crippen MR) is 228 cm³/mol. The normalized spacial score (nSPS) is 11.2. The van der Waals surface area contributed by atoms with Crippen LogP contribution in [0.25, 0.3) is 100 Å². The van der Waals surface area contributed by atoms with Crippen molar-refractivity contribution in [2.24, 2.45) is 0 Å². The van der Waals surface area contributed by atoms with Crippen molar-refractivity contribution in [2.45, 2.75) is 0 Å². The van der Waals surface area contributed by atoms with Crippen LogP contribution in [0.15, 0.2) is 201 Å². The van der Waals surface area contributed by atoms with Gasteiger partial charge in [0.25, 0.3) is 0 Å². The molecule has 56 heavy (non-hydrogen) atoms. The molecule has 0 aliphatic heterocycles. The summed E-state index contributed by atoms with van der Waals surface area (Å²) in [6.45, 7) is 0. The molecule has 0 aliphatic rings. The molecule has 4 aromatic heterocycles. The molecule has 0 aliphatic carbocycles. The summed E-state index contributed by atoms with van der Waals surface area (Å²) in [4.78, 5) is 24.7. The summed E-state index contributed by atoms with van der Waals surface area (Å²) in [5.74, 6) is 0.628. The van der Waals surface area contributed by atoms with E-state index in [9.17, 15) is 0 Å². The molecular weight excluding hydrogens is 683 g/mol. The fourth-order valence-corrected chi connectivity index (χ4v) is 7.44. The maximum atomic E-state index is 5.30. The third-order valence-corrected chi connectivity index (χ3v) is 10.2. The number of benzene rings is 6. The topological polar surface area (TPSA) is 64.5 Å². The fraction of sp³-hybridized carbons (Fsp3) is 0. The molecule has 0 saturated carbocycles. The van der Waals surface area contributed by atoms with Gasteiger partial charge in [-0.05, 0) is 81.9 Å². The first-order valence-electron chi connectivity index (χ1n) is 18.6. The van der Waals surface area contributed by atoms with E-state index in [0.717, 1.165) is 83.7 Å². The molecule has 10 rings (SSSR count). The van der Waals surface area contributed by atoms with Crippen LogP contribution in [-0.4, -0.2) is 24.9 Å². The maximum absolute atomic E-state index is 5.30. The van der Waals surface area contributed by atoms with E-state index < -0.39 is 0 Å². The first kappa shape index (κ1) is 33.0. The van der Waals surface area contributed by atoms with Crippen LogP contribution in [0, 0.1) is 0 Å². The standard InChI is InChI=1S/C51H33N5/c1-3-13-43-34(10-1)12-9-15-44(43)40-30-41(50-45-14-4-2-11-35(45)26-29-54-50)32-42(31-40)51-55-48(38-22-18-36(19-23-38)46-16-5-7-27-52-46)33-49(56-51)39-24-20-37(21-25-39)47-17-6-8-28-53-47/h1-33H. The van der Waals surface area contributed by atoms with Crippen molar-refractivity contribution in [3.63, 3.8) is 0 Å². The molecule has 0 fully saturated rings. The highest BCUT2D eigenvalue weighted by Crippen LogP contribution is 2.38. The van der Waals surface area contributed by atoms with Crippen molar-refractivity contribution in [3.05, 3.63) is 201 Å². The van der Waals surface area contributed by atoms with Crippen LogP contribution >= 0.6 is 0 Å². The second-order valence-electron chi connectivity index (χ2n) is 13.8. The smallest absolute Gasteiger partial charge is 0.160 e. The summed E-state index contributed by atoms with van der Waals surface area (Å²) in [6, 6.07) is 63.0. The van der Waals surface area contributed by atoms with Crippen LogP contribution in [0.4, 0.5) is 0 Å². The van der Waals surface area contributed by atoms with Gasteiger partial charge in [0.2, 0.25) is 0 Å². The van der Waals surface area contributed by atoms with Crippen LogP contribution in [-0.2, 0) is 0 Å². The van der Waals surface area contributed by atoms with Gasteiger partial charge in [0.15, 0.2) is 5.82 Å². The van der Waals surface area contributed by atoms with Crippen molar-refractivity contribution in [1.82, 2.24) is 24.9 Å². The Bertz CT molecular complexity index is 2790. The zero-order valence-electron chi connectivity index (χ0n) is 30.3. The summed E-state index contributed by atoms with van der Waals surface area (Å²) in [5.41, 5.74) is 12.6. The van der Waals surface area contributed by atoms with Crippen LogP contribution in [0.5, 0.6) is 0 Å². The number of nitrogens with zero attached hydrogens (tertiary/aromatic N) is 5. The van der Waals surface area contributed by atoms with Crippen LogP contribution in [0.2, 0.25) is 0 Å². The number of hydrogen-bond donors (Lipinski definition) is 0. The molecule has 0 spiro atoms. The van der Waals surface area contributed by atoms with Crippen molar-refractivity contribution in [1.29, 1.82) is 0 Å². The number of rotatable bonds is 7. The molecule has 262 valence electrons. The summed E-state index contributed by atoms with van der Waals surface area (Å²) in [7, 11) is 0. The van der Waals surface area contributed by atoms with Gasteiger partial charge in [-0.1, -0.05) is 127 Å². The average Bonchev–Trinajstić information content (AvgIpc) is 3.29. The number of pyridine rings is 3. The maximum Gasteiger partial charge on any atom is 0.160 e. The lowest BCUT2D eigenvalue weighted by Gasteiger charge is -2.15. The van der Waals surface area contributed by atoms with Crippen LogP contribution < -0.4 is 0 Å². The number of hydrogen-bond acceptors (Lipinski definition) is 5. The van der Waals surface area contributed by atoms with Crippen LogP contribution in [0.3, 0.4) is 0 Å². The Morgan fingerprint density at radius 3 is 1.39 bits per heavy atom. The molecule has 5 nitrogen and oxygen atoms in total. The van der Waals surface area contributed by atoms with E-state index in [4.69, 9.17) is 15.0 Å². The first-order valence-corrected chi connectivity index (χ1v) is 18.6. The Hall–Kier alpha value is -7.63. The molecule has 0 bridgehead atoms. The van der Waals surface area contributed by atoms with E-state index in [1.807, 2.05) is 55.0 Å². The monoisotopic (exact) mass is 715 g/mol. The van der Waals surface area contributed by atoms with E-state index in [-0.39, 0.29) is 0 Å². The highest BCUT2D eigenvalue weighted by Gasteiger charge is 2.17. The first-order chi connectivity index (χ1) is 27.7. The zero-order chi connectivity index (χ0) is 37.3. The number of aromatic nitrogens is 5. The Labute approximate surface area is 324 Å². The minimum absolute atomic E-state index is 0.628. The van der Waals surface area contributed by atoms with Crippen LogP contribution in [0.1, 0.15) is 0 Å². The molecule has 0 atom stereocenters. The Morgan fingerprint density at radius 1 is 0.286 bits per heavy atom. The zero-order valence-corrected chi connectivity index (χ0v) is 30.3. The van der Waals surface area contributed by atoms with Crippen molar-refractivity contribution < 1.29 is 0 Å². The molecule has 0 saturated heterocycles. The Kier molecular flexibility index (Phi) is 8.43. The lowest BCUT2D eigenvalue weighted by molar-refractivity contribution is 1.18. The van der Waals surface area contributed by atoms with E-state index in [1.165, 1.54) is 10.8 Å². The molecule has 4 heterocycles. The van der Waals surface area contributed by atoms with Crippen molar-refractivity contribution in [3.8, 4) is 78.8 Å². The van der Waals surface area contributed by atoms with Gasteiger partial charge >= 0.3 is 0 Å². The number of fused-ring (bicyclic) bond motifs is 2. The lowest BCUT2D eigenvalue weighted by Crippen LogP contribution is -1.97. The molecule has 0 unspecified atom stereocenters. The lowest BCUT2D eigenvalue weighted by atomic mass is 9.93. The molecular formula is C51H33N5. The van der Waals surface area contributed by atoms with E-state index in [2.05, 4.69) is 156 Å². The summed E-state index contributed by atoms with van der Waals surface area (Å²) < 4.78 is 0. The molecule has 0 N–H and O–H groups in total. The Balaban J connectivity index is 1.18. The second-order valence-corrected chi connectivity index (χ2v) is 13.8. The SMILES string of the molecule is c1ccc(-c2ccc(-c3cc(-c4ccc(-c5ccccn5)cc4)nc(-c4cc(-c5cccc6ccccc56)cc(-c5nccc6ccccc56)c4)n3)cc2)nc1.